The zero-order chi connectivity index (χ0) is 13.3. The Kier molecular flexibility index (Phi) is 5.42. The highest BCUT2D eigenvalue weighted by atomic mass is 35.5. The Morgan fingerprint density at radius 3 is 2.74 bits per heavy atom. The summed E-state index contributed by atoms with van der Waals surface area (Å²) in [5.74, 6) is 0.233. The molecule has 0 radical (unpaired) electrons. The van der Waals surface area contributed by atoms with Gasteiger partial charge in [0.05, 0.1) is 6.42 Å². The maximum Gasteiger partial charge on any atom is 0.227 e. The van der Waals surface area contributed by atoms with E-state index in [1.54, 1.807) is 11.3 Å². The van der Waals surface area contributed by atoms with Crippen LogP contribution in [0.25, 0.3) is 0 Å². The van der Waals surface area contributed by atoms with E-state index < -0.39 is 0 Å². The molecule has 0 aromatic carbocycles. The van der Waals surface area contributed by atoms with E-state index >= 15 is 0 Å². The summed E-state index contributed by atoms with van der Waals surface area (Å²) < 4.78 is 0. The van der Waals surface area contributed by atoms with Crippen LogP contribution in [0, 0.1) is 12.3 Å². The number of nitrogens with zero attached hydrogens (tertiary/aromatic N) is 1. The molecule has 3 nitrogen and oxygen atoms in total. The van der Waals surface area contributed by atoms with Gasteiger partial charge in [-0.2, -0.15) is 0 Å². The molecule has 0 spiro atoms. The molecule has 2 N–H and O–H groups in total. The number of carbonyl (C=O) groups excluding carboxylic acids is 1. The van der Waals surface area contributed by atoms with Crippen molar-refractivity contribution in [2.75, 3.05) is 13.1 Å². The summed E-state index contributed by atoms with van der Waals surface area (Å²) in [5.41, 5.74) is 6.12. The van der Waals surface area contributed by atoms with Crippen molar-refractivity contribution >= 4 is 29.7 Å². The second-order valence-corrected chi connectivity index (χ2v) is 7.26. The summed E-state index contributed by atoms with van der Waals surface area (Å²) in [6.45, 7) is 7.94. The van der Waals surface area contributed by atoms with Crippen molar-refractivity contribution in [1.29, 1.82) is 0 Å². The van der Waals surface area contributed by atoms with Crippen molar-refractivity contribution in [3.63, 3.8) is 0 Å². The van der Waals surface area contributed by atoms with Gasteiger partial charge in [0.15, 0.2) is 0 Å². The van der Waals surface area contributed by atoms with Gasteiger partial charge in [-0.3, -0.25) is 4.79 Å². The van der Waals surface area contributed by atoms with Crippen molar-refractivity contribution in [3.05, 3.63) is 21.9 Å². The first-order valence-electron chi connectivity index (χ1n) is 6.47. The number of halogens is 1. The van der Waals surface area contributed by atoms with Crippen molar-refractivity contribution in [3.8, 4) is 0 Å². The van der Waals surface area contributed by atoms with Gasteiger partial charge in [-0.05, 0) is 30.9 Å². The number of rotatable bonds is 2. The number of hydrogen-bond donors (Lipinski definition) is 1. The van der Waals surface area contributed by atoms with Crippen molar-refractivity contribution < 1.29 is 4.79 Å². The van der Waals surface area contributed by atoms with Crippen LogP contribution in [0.1, 0.15) is 30.0 Å². The Balaban J connectivity index is 0.00000180. The van der Waals surface area contributed by atoms with Gasteiger partial charge in [0.25, 0.3) is 0 Å². The minimum Gasteiger partial charge on any atom is -0.342 e. The molecular formula is C14H23ClN2OS. The largest absolute Gasteiger partial charge is 0.342 e. The van der Waals surface area contributed by atoms with Crippen LogP contribution in [-0.2, 0) is 11.2 Å². The maximum absolute atomic E-state index is 12.3. The van der Waals surface area contributed by atoms with E-state index in [0.717, 1.165) is 24.4 Å². The summed E-state index contributed by atoms with van der Waals surface area (Å²) in [5, 5.41) is 0. The molecule has 0 aliphatic carbocycles. The number of amides is 1. The number of thiophene rings is 1. The van der Waals surface area contributed by atoms with Crippen LogP contribution in [-0.4, -0.2) is 29.9 Å². The molecule has 0 bridgehead atoms. The lowest BCUT2D eigenvalue weighted by molar-refractivity contribution is -0.133. The fraction of sp³-hybridized carbons (Fsp3) is 0.643. The molecule has 1 amide bonds. The molecule has 1 aliphatic heterocycles. The van der Waals surface area contributed by atoms with Gasteiger partial charge < -0.3 is 10.6 Å². The second-order valence-electron chi connectivity index (χ2n) is 5.89. The maximum atomic E-state index is 12.3. The molecule has 1 aromatic rings. The monoisotopic (exact) mass is 302 g/mol. The van der Waals surface area contributed by atoms with Crippen molar-refractivity contribution in [2.45, 2.75) is 39.7 Å². The normalized spacial score (nSPS) is 21.9. The lowest BCUT2D eigenvalue weighted by Gasteiger charge is -2.42. The molecule has 1 saturated heterocycles. The van der Waals surface area contributed by atoms with E-state index in [2.05, 4.69) is 32.9 Å². The van der Waals surface area contributed by atoms with Crippen LogP contribution in [0.3, 0.4) is 0 Å². The molecule has 19 heavy (non-hydrogen) atoms. The molecule has 0 saturated carbocycles. The fourth-order valence-electron chi connectivity index (χ4n) is 2.43. The predicted molar refractivity (Wildman–Crippen MR) is 83.0 cm³/mol. The zero-order valence-corrected chi connectivity index (χ0v) is 13.4. The van der Waals surface area contributed by atoms with Crippen LogP contribution in [0.5, 0.6) is 0 Å². The van der Waals surface area contributed by atoms with Crippen LogP contribution in [0.15, 0.2) is 12.1 Å². The minimum absolute atomic E-state index is 0. The number of hydrogen-bond acceptors (Lipinski definition) is 3. The smallest absolute Gasteiger partial charge is 0.227 e. The molecule has 1 fully saturated rings. The van der Waals surface area contributed by atoms with E-state index in [9.17, 15) is 4.79 Å². The zero-order valence-electron chi connectivity index (χ0n) is 11.8. The Bertz CT molecular complexity index is 444. The van der Waals surface area contributed by atoms with Gasteiger partial charge in [-0.1, -0.05) is 13.8 Å². The van der Waals surface area contributed by atoms with Gasteiger partial charge in [-0.15, -0.1) is 23.7 Å². The molecule has 2 heterocycles. The SMILES string of the molecule is Cc1ccc(CC(=O)N2CCC(N)C(C)(C)C2)s1.Cl. The highest BCUT2D eigenvalue weighted by Crippen LogP contribution is 2.28. The summed E-state index contributed by atoms with van der Waals surface area (Å²) in [6, 6.07) is 4.33. The number of carbonyl (C=O) groups is 1. The first-order chi connectivity index (χ1) is 8.38. The lowest BCUT2D eigenvalue weighted by atomic mass is 9.79. The molecule has 1 aliphatic rings. The Morgan fingerprint density at radius 2 is 2.21 bits per heavy atom. The Morgan fingerprint density at radius 1 is 1.53 bits per heavy atom. The van der Waals surface area contributed by atoms with Crippen LogP contribution >= 0.6 is 23.7 Å². The summed E-state index contributed by atoms with van der Waals surface area (Å²) in [4.78, 5) is 16.7. The molecule has 1 atom stereocenters. The molecule has 1 aromatic heterocycles. The van der Waals surface area contributed by atoms with E-state index in [1.165, 1.54) is 4.88 Å². The number of nitrogens with two attached hydrogens (primary N) is 1. The van der Waals surface area contributed by atoms with Crippen molar-refractivity contribution in [2.24, 2.45) is 11.1 Å². The predicted octanol–water partition coefficient (Wildman–Crippen LogP) is 2.61. The molecule has 2 rings (SSSR count). The number of likely N-dealkylation sites (tertiary alicyclic amines) is 1. The Hall–Kier alpha value is -0.580. The fourth-order valence-corrected chi connectivity index (χ4v) is 3.31. The summed E-state index contributed by atoms with van der Waals surface area (Å²) >= 11 is 1.71. The highest BCUT2D eigenvalue weighted by Gasteiger charge is 2.35. The average Bonchev–Trinajstić information content (AvgIpc) is 2.68. The van der Waals surface area contributed by atoms with Gasteiger partial charge in [0, 0.05) is 28.9 Å². The average molecular weight is 303 g/mol. The molecule has 108 valence electrons. The topological polar surface area (TPSA) is 46.3 Å². The van der Waals surface area contributed by atoms with E-state index in [-0.39, 0.29) is 29.8 Å². The highest BCUT2D eigenvalue weighted by molar-refractivity contribution is 7.12. The first kappa shape index (κ1) is 16.5. The van der Waals surface area contributed by atoms with Gasteiger partial charge in [-0.25, -0.2) is 0 Å². The van der Waals surface area contributed by atoms with Crippen molar-refractivity contribution in [1.82, 2.24) is 4.90 Å². The van der Waals surface area contributed by atoms with E-state index in [0.29, 0.717) is 6.42 Å². The van der Waals surface area contributed by atoms with Crippen LogP contribution in [0.4, 0.5) is 0 Å². The molecule has 5 heteroatoms. The van der Waals surface area contributed by atoms with E-state index in [1.807, 2.05) is 4.90 Å². The number of piperidine rings is 1. The molecular weight excluding hydrogens is 280 g/mol. The second kappa shape index (κ2) is 6.25. The third-order valence-corrected chi connectivity index (χ3v) is 4.79. The summed E-state index contributed by atoms with van der Waals surface area (Å²) in [7, 11) is 0. The third kappa shape index (κ3) is 3.94. The Labute approximate surface area is 125 Å². The van der Waals surface area contributed by atoms with Crippen LogP contribution < -0.4 is 5.73 Å². The lowest BCUT2D eigenvalue weighted by Crippen LogP contribution is -2.54. The van der Waals surface area contributed by atoms with Gasteiger partial charge in [0.1, 0.15) is 0 Å². The van der Waals surface area contributed by atoms with E-state index in [4.69, 9.17) is 5.73 Å². The quantitative estimate of drug-likeness (QED) is 0.913. The van der Waals surface area contributed by atoms with Gasteiger partial charge >= 0.3 is 0 Å². The van der Waals surface area contributed by atoms with Crippen LogP contribution in [0.2, 0.25) is 0 Å². The molecule has 1 unspecified atom stereocenters. The number of aryl methyl sites for hydroxylation is 1. The third-order valence-electron chi connectivity index (χ3n) is 3.79. The first-order valence-corrected chi connectivity index (χ1v) is 7.29. The standard InChI is InChI=1S/C14H22N2OS.ClH/c1-10-4-5-11(18-10)8-13(17)16-7-6-12(15)14(2,3)9-16;/h4-5,12H,6-9,15H2,1-3H3;1H. The van der Waals surface area contributed by atoms with Gasteiger partial charge in [0.2, 0.25) is 5.91 Å². The summed E-state index contributed by atoms with van der Waals surface area (Å²) in [6.07, 6.45) is 1.44. The minimum atomic E-state index is 0.